The Morgan fingerprint density at radius 2 is 1.21 bits per heavy atom. The molecule has 3 aromatic heterocycles. The molecule has 42 heavy (non-hydrogen) atoms. The van der Waals surface area contributed by atoms with E-state index in [-0.39, 0.29) is 6.85 Å². The molecule has 0 saturated carbocycles. The molecule has 0 radical (unpaired) electrons. The number of aromatic nitrogens is 2. The molecule has 4 heterocycles. The number of nitrogens with zero attached hydrogens (tertiary/aromatic N) is 3. The summed E-state index contributed by atoms with van der Waals surface area (Å²) < 4.78 is 11.5. The van der Waals surface area contributed by atoms with Crippen LogP contribution in [0.3, 0.4) is 0 Å². The van der Waals surface area contributed by atoms with Gasteiger partial charge in [0.05, 0.1) is 28.2 Å². The molecule has 0 saturated heterocycles. The number of hydrogen-bond acceptors (Lipinski definition) is 2. The maximum atomic E-state index is 10.6. The first-order valence-corrected chi connectivity index (χ1v) is 14.2. The zero-order valence-corrected chi connectivity index (χ0v) is 22.4. The van der Waals surface area contributed by atoms with Gasteiger partial charge in [-0.3, -0.25) is 0 Å². The van der Waals surface area contributed by atoms with E-state index in [0.717, 1.165) is 71.4 Å². The van der Waals surface area contributed by atoms with Gasteiger partial charge in [-0.05, 0) is 47.3 Å². The van der Waals surface area contributed by atoms with Gasteiger partial charge in [0.2, 0.25) is 0 Å². The van der Waals surface area contributed by atoms with Crippen LogP contribution in [0.15, 0.2) is 126 Å². The number of benzene rings is 6. The fraction of sp³-hybridized carbons (Fsp3) is 0. The molecule has 9 aromatic rings. The fourth-order valence-electron chi connectivity index (χ4n) is 7.58. The van der Waals surface area contributed by atoms with E-state index in [1.807, 2.05) is 18.2 Å². The van der Waals surface area contributed by atoms with Crippen molar-refractivity contribution in [3.8, 4) is 11.8 Å². The first kappa shape index (κ1) is 22.0. The lowest BCUT2D eigenvalue weighted by molar-refractivity contribution is 0.671. The second kappa shape index (κ2) is 7.72. The predicted molar refractivity (Wildman–Crippen MR) is 173 cm³/mol. The van der Waals surface area contributed by atoms with Gasteiger partial charge in [-0.1, -0.05) is 84.9 Å². The van der Waals surface area contributed by atoms with E-state index in [0.29, 0.717) is 5.56 Å². The van der Waals surface area contributed by atoms with Crippen molar-refractivity contribution >= 4 is 83.3 Å². The van der Waals surface area contributed by atoms with Gasteiger partial charge < -0.3 is 13.5 Å². The smallest absolute Gasteiger partial charge is 0.333 e. The van der Waals surface area contributed by atoms with Gasteiger partial charge in [-0.25, -0.2) is 0 Å². The summed E-state index contributed by atoms with van der Waals surface area (Å²) in [5, 5.41) is 17.4. The first-order valence-electron chi connectivity index (χ1n) is 14.2. The Kier molecular flexibility index (Phi) is 4.05. The zero-order valence-electron chi connectivity index (χ0n) is 22.4. The third-order valence-electron chi connectivity index (χ3n) is 9.22. The molecule has 0 N–H and O–H groups in total. The lowest BCUT2D eigenvalue weighted by Gasteiger charge is -2.29. The van der Waals surface area contributed by atoms with E-state index in [2.05, 4.69) is 118 Å². The average molecular weight is 533 g/mol. The van der Waals surface area contributed by atoms with Gasteiger partial charge in [0.25, 0.3) is 0 Å². The molecule has 0 fully saturated rings. The topological polar surface area (TPSA) is 46.8 Å². The van der Waals surface area contributed by atoms with E-state index < -0.39 is 0 Å². The van der Waals surface area contributed by atoms with Crippen LogP contribution in [0, 0.1) is 11.3 Å². The summed E-state index contributed by atoms with van der Waals surface area (Å²) in [4.78, 5) is 0. The Hall–Kier alpha value is -5.73. The van der Waals surface area contributed by atoms with Crippen LogP contribution in [0.5, 0.6) is 0 Å². The van der Waals surface area contributed by atoms with Crippen LogP contribution in [0.2, 0.25) is 0 Å². The van der Waals surface area contributed by atoms with Crippen molar-refractivity contribution in [3.63, 3.8) is 0 Å². The van der Waals surface area contributed by atoms with Crippen molar-refractivity contribution < 1.29 is 4.42 Å². The van der Waals surface area contributed by atoms with Crippen molar-refractivity contribution in [2.75, 3.05) is 0 Å². The maximum absolute atomic E-state index is 10.6. The van der Waals surface area contributed by atoms with E-state index in [1.165, 1.54) is 10.8 Å². The number of nitriles is 1. The third kappa shape index (κ3) is 2.54. The SMILES string of the molecule is N#Cc1ccc2c3ccccc3n3c2c1B(n1c2ccccc2c2ccc4c5ccccc5oc4c21)c1ccccc1-3. The molecule has 5 heteroatoms. The van der Waals surface area contributed by atoms with Crippen molar-refractivity contribution in [1.82, 2.24) is 9.05 Å². The highest BCUT2D eigenvalue weighted by atomic mass is 16.3. The van der Waals surface area contributed by atoms with Crippen molar-refractivity contribution in [1.29, 1.82) is 5.26 Å². The summed E-state index contributed by atoms with van der Waals surface area (Å²) in [6, 6.07) is 45.2. The number of rotatable bonds is 1. The summed E-state index contributed by atoms with van der Waals surface area (Å²) in [5.74, 6) is 0. The molecular weight excluding hydrogens is 513 g/mol. The molecule has 192 valence electrons. The van der Waals surface area contributed by atoms with Crippen LogP contribution >= 0.6 is 0 Å². The van der Waals surface area contributed by atoms with Crippen LogP contribution < -0.4 is 10.9 Å². The molecule has 4 nitrogen and oxygen atoms in total. The predicted octanol–water partition coefficient (Wildman–Crippen LogP) is 7.63. The molecule has 0 aliphatic carbocycles. The Balaban J connectivity index is 1.48. The lowest BCUT2D eigenvalue weighted by Crippen LogP contribution is -2.54. The van der Waals surface area contributed by atoms with E-state index in [4.69, 9.17) is 4.42 Å². The van der Waals surface area contributed by atoms with Crippen molar-refractivity contribution in [2.24, 2.45) is 0 Å². The molecule has 10 rings (SSSR count). The second-order valence-electron chi connectivity index (χ2n) is 11.2. The highest BCUT2D eigenvalue weighted by Crippen LogP contribution is 2.40. The lowest BCUT2D eigenvalue weighted by atomic mass is 9.47. The van der Waals surface area contributed by atoms with Crippen molar-refractivity contribution in [2.45, 2.75) is 0 Å². The molecule has 0 amide bonds. The van der Waals surface area contributed by atoms with Crippen LogP contribution in [-0.2, 0) is 0 Å². The minimum absolute atomic E-state index is 0.238. The van der Waals surface area contributed by atoms with Crippen LogP contribution in [-0.4, -0.2) is 15.9 Å². The molecule has 0 spiro atoms. The number of hydrogen-bond donors (Lipinski definition) is 0. The minimum atomic E-state index is -0.238. The number of para-hydroxylation sites is 4. The second-order valence-corrected chi connectivity index (χ2v) is 11.2. The van der Waals surface area contributed by atoms with Gasteiger partial charge >= 0.3 is 6.85 Å². The molecule has 0 bridgehead atoms. The van der Waals surface area contributed by atoms with E-state index in [1.54, 1.807) is 0 Å². The monoisotopic (exact) mass is 533 g/mol. The summed E-state index contributed by atoms with van der Waals surface area (Å²) >= 11 is 0. The van der Waals surface area contributed by atoms with Gasteiger partial charge in [0.1, 0.15) is 5.58 Å². The molecule has 0 unspecified atom stereocenters. The normalized spacial score (nSPS) is 12.7. The van der Waals surface area contributed by atoms with Gasteiger partial charge in [-0.2, -0.15) is 5.26 Å². The van der Waals surface area contributed by atoms with Gasteiger partial charge in [-0.15, -0.1) is 0 Å². The standard InChI is InChI=1S/C37H20BN3O/c39-21-22-17-18-26-23-9-1-5-13-30(23)40-32-15-7-4-12-29(32)38(34(22)35(26)40)41-31-14-6-2-10-24(31)27-19-20-28-25-11-3-8-16-33(25)42-37(28)36(27)41/h1-20H. The fourth-order valence-corrected chi connectivity index (χ4v) is 7.58. The van der Waals surface area contributed by atoms with E-state index in [9.17, 15) is 5.26 Å². The highest BCUT2D eigenvalue weighted by Gasteiger charge is 2.38. The Labute approximate surface area is 240 Å². The number of furan rings is 1. The molecule has 6 aromatic carbocycles. The third-order valence-corrected chi connectivity index (χ3v) is 9.22. The summed E-state index contributed by atoms with van der Waals surface area (Å²) in [5.41, 5.74) is 10.2. The largest absolute Gasteiger partial charge is 0.454 e. The quantitative estimate of drug-likeness (QED) is 0.204. The number of fused-ring (bicyclic) bond motifs is 12. The highest BCUT2D eigenvalue weighted by molar-refractivity contribution is 6.89. The Morgan fingerprint density at radius 1 is 0.571 bits per heavy atom. The molecule has 0 atom stereocenters. The summed E-state index contributed by atoms with van der Waals surface area (Å²) in [6.07, 6.45) is 0. The molecule has 1 aliphatic rings. The first-order chi connectivity index (χ1) is 20.8. The zero-order chi connectivity index (χ0) is 27.5. The van der Waals surface area contributed by atoms with Crippen LogP contribution in [0.1, 0.15) is 5.56 Å². The van der Waals surface area contributed by atoms with Gasteiger partial charge in [0.15, 0.2) is 5.58 Å². The molecule has 1 aliphatic heterocycles. The maximum Gasteiger partial charge on any atom is 0.333 e. The average Bonchev–Trinajstić information content (AvgIpc) is 3.70. The van der Waals surface area contributed by atoms with Crippen LogP contribution in [0.4, 0.5) is 0 Å². The van der Waals surface area contributed by atoms with Crippen molar-refractivity contribution in [3.05, 3.63) is 127 Å². The summed E-state index contributed by atoms with van der Waals surface area (Å²) in [7, 11) is 0. The van der Waals surface area contributed by atoms with E-state index >= 15 is 0 Å². The Morgan fingerprint density at radius 3 is 2.07 bits per heavy atom. The van der Waals surface area contributed by atoms with Crippen LogP contribution in [0.25, 0.3) is 71.2 Å². The molecular formula is C37H20BN3O. The van der Waals surface area contributed by atoms with Gasteiger partial charge in [0, 0.05) is 43.5 Å². The Bertz CT molecular complexity index is 2660. The summed E-state index contributed by atoms with van der Waals surface area (Å²) in [6.45, 7) is -0.238. The minimum Gasteiger partial charge on any atom is -0.454 e.